The zero-order valence-corrected chi connectivity index (χ0v) is 8.60. The average Bonchev–Trinajstić information content (AvgIpc) is 2.48. The van der Waals surface area contributed by atoms with E-state index in [-0.39, 0.29) is 0 Å². The first-order chi connectivity index (χ1) is 6.70. The molecule has 2 rings (SSSR count). The van der Waals surface area contributed by atoms with Crippen LogP contribution in [0.3, 0.4) is 0 Å². The molecule has 2 heterocycles. The summed E-state index contributed by atoms with van der Waals surface area (Å²) < 4.78 is 7.05. The van der Waals surface area contributed by atoms with Gasteiger partial charge in [-0.2, -0.15) is 5.10 Å². The van der Waals surface area contributed by atoms with Crippen molar-refractivity contribution in [3.05, 3.63) is 17.5 Å². The summed E-state index contributed by atoms with van der Waals surface area (Å²) in [5.41, 5.74) is 2.14. The normalized spacial score (nSPS) is 22.4. The quantitative estimate of drug-likeness (QED) is 0.682. The second kappa shape index (κ2) is 3.68. The van der Waals surface area contributed by atoms with Crippen molar-refractivity contribution >= 4 is 0 Å². The molecule has 1 atom stereocenters. The molecule has 1 aromatic heterocycles. The largest absolute Gasteiger partial charge is 0.378 e. The fourth-order valence-electron chi connectivity index (χ4n) is 1.72. The van der Waals surface area contributed by atoms with Gasteiger partial charge in [0.1, 0.15) is 0 Å². The fraction of sp³-hybridized carbons (Fsp3) is 0.667. The lowest BCUT2D eigenvalue weighted by Crippen LogP contribution is -2.45. The van der Waals surface area contributed by atoms with Crippen molar-refractivity contribution in [1.29, 1.82) is 0 Å². The van der Waals surface area contributed by atoms with Crippen molar-refractivity contribution in [2.45, 2.75) is 32.7 Å². The summed E-state index contributed by atoms with van der Waals surface area (Å²) in [6.45, 7) is 4.28. The Bertz CT molecular complexity index is 295. The number of ether oxygens (including phenoxy) is 1. The van der Waals surface area contributed by atoms with Crippen LogP contribution in [0, 0.1) is 0 Å². The van der Waals surface area contributed by atoms with Gasteiger partial charge in [-0.05, 0) is 13.0 Å². The molecule has 0 aliphatic carbocycles. The van der Waals surface area contributed by atoms with Crippen molar-refractivity contribution in [3.8, 4) is 0 Å². The topological polar surface area (TPSA) is 56.3 Å². The zero-order chi connectivity index (χ0) is 10.1. The van der Waals surface area contributed by atoms with Crippen LogP contribution in [0.25, 0.3) is 0 Å². The summed E-state index contributed by atoms with van der Waals surface area (Å²) in [5, 5.41) is 6.28. The van der Waals surface area contributed by atoms with Crippen molar-refractivity contribution in [2.75, 3.05) is 7.11 Å². The van der Waals surface area contributed by atoms with Gasteiger partial charge in [0.05, 0.1) is 31.1 Å². The molecule has 5 heteroatoms. The first-order valence-corrected chi connectivity index (χ1v) is 4.76. The molecule has 0 bridgehead atoms. The summed E-state index contributed by atoms with van der Waals surface area (Å²) in [6.07, 6.45) is 0. The van der Waals surface area contributed by atoms with Gasteiger partial charge in [-0.1, -0.05) is 0 Å². The van der Waals surface area contributed by atoms with E-state index >= 15 is 0 Å². The van der Waals surface area contributed by atoms with Crippen molar-refractivity contribution < 1.29 is 4.74 Å². The van der Waals surface area contributed by atoms with E-state index < -0.39 is 0 Å². The molecule has 0 radical (unpaired) electrons. The lowest BCUT2D eigenvalue weighted by Gasteiger charge is -2.29. The van der Waals surface area contributed by atoms with Gasteiger partial charge in [0.2, 0.25) is 0 Å². The summed E-state index contributed by atoms with van der Waals surface area (Å²) in [6, 6.07) is 2.40. The molecule has 0 fully saturated rings. The molecule has 5 nitrogen and oxygen atoms in total. The number of aromatic nitrogens is 2. The summed E-state index contributed by atoms with van der Waals surface area (Å²) >= 11 is 0. The minimum atomic E-state index is 0.345. The molecule has 1 aliphatic heterocycles. The molecule has 0 saturated carbocycles. The van der Waals surface area contributed by atoms with Gasteiger partial charge < -0.3 is 4.74 Å². The minimum absolute atomic E-state index is 0.345. The van der Waals surface area contributed by atoms with Gasteiger partial charge in [0, 0.05) is 13.2 Å². The van der Waals surface area contributed by atoms with Gasteiger partial charge in [0.15, 0.2) is 0 Å². The number of hydrogen-bond acceptors (Lipinski definition) is 4. The van der Waals surface area contributed by atoms with Gasteiger partial charge in [-0.3, -0.25) is 10.5 Å². The lowest BCUT2D eigenvalue weighted by atomic mass is 10.2. The van der Waals surface area contributed by atoms with E-state index in [1.54, 1.807) is 7.11 Å². The number of hydrogen-bond donors (Lipinski definition) is 1. The molecule has 1 aromatic rings. The van der Waals surface area contributed by atoms with Crippen LogP contribution in [0.1, 0.15) is 18.3 Å². The Kier molecular flexibility index (Phi) is 2.54. The van der Waals surface area contributed by atoms with Gasteiger partial charge in [-0.15, -0.1) is 0 Å². The summed E-state index contributed by atoms with van der Waals surface area (Å²) in [4.78, 5) is 0. The van der Waals surface area contributed by atoms with E-state index in [2.05, 4.69) is 18.1 Å². The molecular formula is C9H16N4O. The molecule has 1 aliphatic rings. The van der Waals surface area contributed by atoms with Crippen LogP contribution in [0.5, 0.6) is 0 Å². The number of fused-ring (bicyclic) bond motifs is 1. The Morgan fingerprint density at radius 3 is 3.21 bits per heavy atom. The van der Waals surface area contributed by atoms with Gasteiger partial charge >= 0.3 is 0 Å². The van der Waals surface area contributed by atoms with Crippen LogP contribution in [-0.2, 0) is 24.4 Å². The minimum Gasteiger partial charge on any atom is -0.378 e. The van der Waals surface area contributed by atoms with Crippen LogP contribution in [0.15, 0.2) is 6.07 Å². The maximum Gasteiger partial charge on any atom is 0.0902 e. The number of rotatable bonds is 2. The predicted molar refractivity (Wildman–Crippen MR) is 52.1 cm³/mol. The maximum absolute atomic E-state index is 5.84. The van der Waals surface area contributed by atoms with Crippen LogP contribution in [-0.4, -0.2) is 27.9 Å². The Labute approximate surface area is 83.4 Å². The number of hydrazine groups is 1. The third-order valence-electron chi connectivity index (χ3n) is 2.55. The van der Waals surface area contributed by atoms with E-state index in [1.807, 2.05) is 9.69 Å². The van der Waals surface area contributed by atoms with Crippen LogP contribution in [0.2, 0.25) is 0 Å². The molecule has 2 N–H and O–H groups in total. The molecule has 78 valence electrons. The van der Waals surface area contributed by atoms with E-state index in [0.717, 1.165) is 24.5 Å². The molecule has 0 amide bonds. The second-order valence-electron chi connectivity index (χ2n) is 3.76. The monoisotopic (exact) mass is 196 g/mol. The predicted octanol–water partition coefficient (Wildman–Crippen LogP) is 0.107. The maximum atomic E-state index is 5.84. The molecule has 14 heavy (non-hydrogen) atoms. The van der Waals surface area contributed by atoms with Crippen molar-refractivity contribution in [3.63, 3.8) is 0 Å². The zero-order valence-electron chi connectivity index (χ0n) is 8.60. The summed E-state index contributed by atoms with van der Waals surface area (Å²) in [5.74, 6) is 5.84. The SMILES string of the molecule is COCc1cc2n(n1)CC(C)N(N)C2. The highest BCUT2D eigenvalue weighted by Crippen LogP contribution is 2.15. The third kappa shape index (κ3) is 1.66. The van der Waals surface area contributed by atoms with Crippen LogP contribution < -0.4 is 5.84 Å². The van der Waals surface area contributed by atoms with E-state index in [9.17, 15) is 0 Å². The van der Waals surface area contributed by atoms with Crippen molar-refractivity contribution in [2.24, 2.45) is 5.84 Å². The highest BCUT2D eigenvalue weighted by molar-refractivity contribution is 5.11. The van der Waals surface area contributed by atoms with E-state index in [4.69, 9.17) is 10.6 Å². The highest BCUT2D eigenvalue weighted by Gasteiger charge is 2.21. The number of nitrogens with zero attached hydrogens (tertiary/aromatic N) is 3. The Morgan fingerprint density at radius 1 is 1.71 bits per heavy atom. The first-order valence-electron chi connectivity index (χ1n) is 4.76. The third-order valence-corrected chi connectivity index (χ3v) is 2.55. The fourth-order valence-corrected chi connectivity index (χ4v) is 1.72. The molecule has 0 saturated heterocycles. The first kappa shape index (κ1) is 9.64. The Morgan fingerprint density at radius 2 is 2.50 bits per heavy atom. The van der Waals surface area contributed by atoms with Crippen LogP contribution >= 0.6 is 0 Å². The van der Waals surface area contributed by atoms with Gasteiger partial charge in [0.25, 0.3) is 0 Å². The standard InChI is InChI=1S/C9H16N4O/c1-7-4-13-9(5-12(7)10)3-8(11-13)6-14-2/h3,7H,4-6,10H2,1-2H3. The highest BCUT2D eigenvalue weighted by atomic mass is 16.5. The second-order valence-corrected chi connectivity index (χ2v) is 3.76. The van der Waals surface area contributed by atoms with E-state index in [1.165, 1.54) is 0 Å². The molecular weight excluding hydrogens is 180 g/mol. The molecule has 0 spiro atoms. The Hall–Kier alpha value is -0.910. The smallest absolute Gasteiger partial charge is 0.0902 e. The molecule has 1 unspecified atom stereocenters. The van der Waals surface area contributed by atoms with Crippen LogP contribution in [0.4, 0.5) is 0 Å². The van der Waals surface area contributed by atoms with Gasteiger partial charge in [-0.25, -0.2) is 5.01 Å². The summed E-state index contributed by atoms with van der Waals surface area (Å²) in [7, 11) is 1.68. The number of methoxy groups -OCH3 is 1. The Balaban J connectivity index is 2.20. The lowest BCUT2D eigenvalue weighted by molar-refractivity contribution is 0.146. The average molecular weight is 196 g/mol. The number of nitrogens with two attached hydrogens (primary N) is 1. The van der Waals surface area contributed by atoms with E-state index in [0.29, 0.717) is 12.6 Å². The van der Waals surface area contributed by atoms with Crippen molar-refractivity contribution in [1.82, 2.24) is 14.8 Å². The molecule has 0 aromatic carbocycles.